The topological polar surface area (TPSA) is 85.4 Å². The van der Waals surface area contributed by atoms with Crippen LogP contribution < -0.4 is 5.73 Å². The van der Waals surface area contributed by atoms with Crippen molar-refractivity contribution >= 4 is 0 Å². The third kappa shape index (κ3) is 2.91. The fourth-order valence-electron chi connectivity index (χ4n) is 1.72. The van der Waals surface area contributed by atoms with Gasteiger partial charge in [0.25, 0.3) is 0 Å². The highest BCUT2D eigenvalue weighted by atomic mass is 15.3. The lowest BCUT2D eigenvalue weighted by Gasteiger charge is -2.11. The summed E-state index contributed by atoms with van der Waals surface area (Å²) in [6.45, 7) is 5.16. The van der Waals surface area contributed by atoms with Crippen LogP contribution in [0, 0.1) is 5.92 Å². The molecule has 3 N–H and O–H groups in total. The molecule has 2 aromatic rings. The largest absolute Gasteiger partial charge is 0.347 e. The Balaban J connectivity index is 2.06. The van der Waals surface area contributed by atoms with Crippen molar-refractivity contribution in [1.29, 1.82) is 0 Å². The molecule has 1 unspecified atom stereocenters. The van der Waals surface area contributed by atoms with Crippen LogP contribution in [-0.4, -0.2) is 24.7 Å². The minimum atomic E-state index is -0.167. The molecule has 2 aromatic heterocycles. The summed E-state index contributed by atoms with van der Waals surface area (Å²) in [7, 11) is 0. The van der Waals surface area contributed by atoms with Crippen molar-refractivity contribution in [3.05, 3.63) is 30.4 Å². The van der Waals surface area contributed by atoms with Gasteiger partial charge in [-0.2, -0.15) is 5.10 Å². The van der Waals surface area contributed by atoms with E-state index in [2.05, 4.69) is 33.9 Å². The van der Waals surface area contributed by atoms with Crippen LogP contribution in [0.2, 0.25) is 0 Å². The van der Waals surface area contributed by atoms with Gasteiger partial charge in [0, 0.05) is 25.4 Å². The summed E-state index contributed by atoms with van der Waals surface area (Å²) in [6, 6.07) is -0.167. The van der Waals surface area contributed by atoms with Crippen molar-refractivity contribution in [2.45, 2.75) is 32.9 Å². The van der Waals surface area contributed by atoms with E-state index in [0.29, 0.717) is 12.3 Å². The summed E-state index contributed by atoms with van der Waals surface area (Å²) in [6.07, 6.45) is 5.69. The average Bonchev–Trinajstić information content (AvgIpc) is 2.89. The minimum Gasteiger partial charge on any atom is -0.347 e. The van der Waals surface area contributed by atoms with E-state index in [1.54, 1.807) is 18.7 Å². The molecule has 2 heterocycles. The van der Waals surface area contributed by atoms with E-state index in [0.717, 1.165) is 18.2 Å². The maximum atomic E-state index is 6.06. The van der Waals surface area contributed by atoms with Crippen molar-refractivity contribution in [2.75, 3.05) is 0 Å². The van der Waals surface area contributed by atoms with E-state index >= 15 is 0 Å². The van der Waals surface area contributed by atoms with E-state index in [-0.39, 0.29) is 6.04 Å². The molecular weight excluding hydrogens is 216 g/mol. The van der Waals surface area contributed by atoms with Crippen LogP contribution in [0.25, 0.3) is 0 Å². The molecule has 0 radical (unpaired) electrons. The van der Waals surface area contributed by atoms with Crippen LogP contribution in [-0.2, 0) is 13.0 Å². The smallest absolute Gasteiger partial charge is 0.138 e. The van der Waals surface area contributed by atoms with E-state index in [1.165, 1.54) is 0 Å². The lowest BCUT2D eigenvalue weighted by Crippen LogP contribution is -2.19. The number of nitrogens with one attached hydrogen (secondary N) is 1. The second-order valence-electron chi connectivity index (χ2n) is 4.54. The first-order valence-corrected chi connectivity index (χ1v) is 5.78. The molecule has 6 nitrogen and oxygen atoms in total. The van der Waals surface area contributed by atoms with E-state index in [1.807, 2.05) is 4.68 Å². The lowest BCUT2D eigenvalue weighted by molar-refractivity contribution is 0.458. The zero-order valence-electron chi connectivity index (χ0n) is 10.2. The van der Waals surface area contributed by atoms with Gasteiger partial charge < -0.3 is 10.7 Å². The Kier molecular flexibility index (Phi) is 3.53. The fourth-order valence-corrected chi connectivity index (χ4v) is 1.72. The van der Waals surface area contributed by atoms with E-state index in [4.69, 9.17) is 5.73 Å². The normalized spacial score (nSPS) is 13.2. The maximum Gasteiger partial charge on any atom is 0.138 e. The third-order valence-corrected chi connectivity index (χ3v) is 2.51. The van der Waals surface area contributed by atoms with E-state index in [9.17, 15) is 0 Å². The summed E-state index contributed by atoms with van der Waals surface area (Å²) in [5, 5.41) is 4.21. The SMILES string of the molecule is CC(C)Cn1ncnc1CC(N)c1ncc[nH]1. The van der Waals surface area contributed by atoms with Gasteiger partial charge in [-0.05, 0) is 5.92 Å². The predicted molar refractivity (Wildman–Crippen MR) is 64.1 cm³/mol. The van der Waals surface area contributed by atoms with Crippen molar-refractivity contribution in [1.82, 2.24) is 24.7 Å². The summed E-state index contributed by atoms with van der Waals surface area (Å²) in [4.78, 5) is 11.4. The Morgan fingerprint density at radius 1 is 1.41 bits per heavy atom. The Bertz CT molecular complexity index is 444. The third-order valence-electron chi connectivity index (χ3n) is 2.51. The summed E-state index contributed by atoms with van der Waals surface area (Å²) in [5.74, 6) is 2.22. The van der Waals surface area contributed by atoms with Crippen molar-refractivity contribution < 1.29 is 0 Å². The first-order chi connectivity index (χ1) is 8.16. The molecule has 0 aliphatic carbocycles. The zero-order chi connectivity index (χ0) is 12.3. The highest BCUT2D eigenvalue weighted by molar-refractivity contribution is 5.00. The van der Waals surface area contributed by atoms with Crippen molar-refractivity contribution in [3.63, 3.8) is 0 Å². The minimum absolute atomic E-state index is 0.167. The molecule has 0 amide bonds. The molecule has 0 spiro atoms. The molecule has 0 aliphatic heterocycles. The highest BCUT2D eigenvalue weighted by Gasteiger charge is 2.14. The number of aromatic nitrogens is 5. The molecule has 6 heteroatoms. The monoisotopic (exact) mass is 234 g/mol. The molecule has 17 heavy (non-hydrogen) atoms. The van der Waals surface area contributed by atoms with Gasteiger partial charge in [-0.15, -0.1) is 0 Å². The quantitative estimate of drug-likeness (QED) is 0.804. The first-order valence-electron chi connectivity index (χ1n) is 5.78. The number of imidazole rings is 1. The second kappa shape index (κ2) is 5.09. The van der Waals surface area contributed by atoms with Gasteiger partial charge in [0.05, 0.1) is 6.04 Å². The van der Waals surface area contributed by atoms with Gasteiger partial charge in [-0.1, -0.05) is 13.8 Å². The second-order valence-corrected chi connectivity index (χ2v) is 4.54. The molecule has 0 aromatic carbocycles. The standard InChI is InChI=1S/C11H18N6/c1-8(2)6-17-10(15-7-16-17)5-9(12)11-13-3-4-14-11/h3-4,7-9H,5-6,12H2,1-2H3,(H,13,14). The van der Waals surface area contributed by atoms with Crippen LogP contribution >= 0.6 is 0 Å². The molecule has 0 fully saturated rings. The summed E-state index contributed by atoms with van der Waals surface area (Å²) in [5.41, 5.74) is 6.06. The van der Waals surface area contributed by atoms with Gasteiger partial charge in [-0.25, -0.2) is 14.6 Å². The number of hydrogen-bond donors (Lipinski definition) is 2. The Morgan fingerprint density at radius 3 is 2.88 bits per heavy atom. The molecular formula is C11H18N6. The van der Waals surface area contributed by atoms with Gasteiger partial charge in [0.2, 0.25) is 0 Å². The lowest BCUT2D eigenvalue weighted by atomic mass is 10.2. The van der Waals surface area contributed by atoms with E-state index < -0.39 is 0 Å². The van der Waals surface area contributed by atoms with Crippen LogP contribution in [0.4, 0.5) is 0 Å². The van der Waals surface area contributed by atoms with Crippen LogP contribution in [0.1, 0.15) is 31.5 Å². The number of hydrogen-bond acceptors (Lipinski definition) is 4. The van der Waals surface area contributed by atoms with Crippen LogP contribution in [0.3, 0.4) is 0 Å². The number of nitrogens with zero attached hydrogens (tertiary/aromatic N) is 4. The van der Waals surface area contributed by atoms with Gasteiger partial charge >= 0.3 is 0 Å². The number of rotatable bonds is 5. The molecule has 0 saturated carbocycles. The molecule has 1 atom stereocenters. The van der Waals surface area contributed by atoms with Gasteiger partial charge in [-0.3, -0.25) is 0 Å². The highest BCUT2D eigenvalue weighted by Crippen LogP contribution is 2.11. The molecule has 0 aliphatic rings. The van der Waals surface area contributed by atoms with Gasteiger partial charge in [0.15, 0.2) is 0 Å². The maximum absolute atomic E-state index is 6.06. The number of aromatic amines is 1. The Labute approximate surface area is 100 Å². The molecule has 0 saturated heterocycles. The average molecular weight is 234 g/mol. The Morgan fingerprint density at radius 2 is 2.24 bits per heavy atom. The van der Waals surface area contributed by atoms with Crippen molar-refractivity contribution in [2.24, 2.45) is 11.7 Å². The van der Waals surface area contributed by atoms with Gasteiger partial charge in [0.1, 0.15) is 18.0 Å². The first kappa shape index (κ1) is 11.8. The predicted octanol–water partition coefficient (Wildman–Crippen LogP) is 0.900. The molecule has 92 valence electrons. The zero-order valence-corrected chi connectivity index (χ0v) is 10.2. The fraction of sp³-hybridized carbons (Fsp3) is 0.545. The Hall–Kier alpha value is -1.69. The molecule has 2 rings (SSSR count). The summed E-state index contributed by atoms with van der Waals surface area (Å²) < 4.78 is 1.91. The number of H-pyrrole nitrogens is 1. The molecule has 0 bridgehead atoms. The number of nitrogens with two attached hydrogens (primary N) is 1. The van der Waals surface area contributed by atoms with Crippen LogP contribution in [0.15, 0.2) is 18.7 Å². The summed E-state index contributed by atoms with van der Waals surface area (Å²) >= 11 is 0. The van der Waals surface area contributed by atoms with Crippen molar-refractivity contribution in [3.8, 4) is 0 Å². The van der Waals surface area contributed by atoms with Crippen LogP contribution in [0.5, 0.6) is 0 Å².